The Balaban J connectivity index is 1.75. The van der Waals surface area contributed by atoms with Gasteiger partial charge in [-0.1, -0.05) is 76.3 Å². The molecule has 1 N–H and O–H groups in total. The van der Waals surface area contributed by atoms with Gasteiger partial charge in [0.2, 0.25) is 5.91 Å². The number of alkyl halides is 1. The van der Waals surface area contributed by atoms with E-state index in [1.165, 1.54) is 76.7 Å². The molecule has 1 unspecified atom stereocenters. The molecule has 6 nitrogen and oxygen atoms in total. The summed E-state index contributed by atoms with van der Waals surface area (Å²) in [5.74, 6) is -1.23. The third kappa shape index (κ3) is 10.7. The molecule has 8 heteroatoms. The molecule has 0 fully saturated rings. The molecule has 1 atom stereocenters. The van der Waals surface area contributed by atoms with Gasteiger partial charge >= 0.3 is 5.97 Å². The summed E-state index contributed by atoms with van der Waals surface area (Å²) in [5, 5.41) is 1.22. The van der Waals surface area contributed by atoms with Gasteiger partial charge in [-0.3, -0.25) is 9.59 Å². The number of esters is 1. The third-order valence-electron chi connectivity index (χ3n) is 6.01. The van der Waals surface area contributed by atoms with Crippen molar-refractivity contribution in [3.05, 3.63) is 58.6 Å². The lowest BCUT2D eigenvalue weighted by molar-refractivity contribution is -0.115. The van der Waals surface area contributed by atoms with Crippen molar-refractivity contribution in [3.63, 3.8) is 0 Å². The smallest absolute Gasteiger partial charge is 0.337 e. The van der Waals surface area contributed by atoms with E-state index in [2.05, 4.69) is 17.0 Å². The lowest BCUT2D eigenvalue weighted by Gasteiger charge is -2.12. The first-order valence-corrected chi connectivity index (χ1v) is 13.8. The standard InChI is InChI=1S/C29H37Cl2NO5/c1-3-4-5-6-7-8-9-10-11-12-19-37-23-16-13-21(14-17-23)27(33)26(31)28(34)32-25-20-22(29(35)36-2)15-18-24(25)30/h13-18,20,26H,3-12,19H2,1-2H3,(H,32,34). The molecule has 0 saturated heterocycles. The van der Waals surface area contributed by atoms with Gasteiger partial charge in [-0.15, -0.1) is 11.6 Å². The van der Waals surface area contributed by atoms with Crippen molar-refractivity contribution in [2.45, 2.75) is 76.5 Å². The SMILES string of the molecule is CCCCCCCCCCCCOc1ccc(C(=O)C(Cl)C(=O)Nc2cc(C(=O)OC)ccc2Cl)cc1. The number of halogens is 2. The maximum absolute atomic E-state index is 12.7. The largest absolute Gasteiger partial charge is 0.494 e. The van der Waals surface area contributed by atoms with Crippen molar-refractivity contribution in [1.29, 1.82) is 0 Å². The van der Waals surface area contributed by atoms with E-state index in [1.54, 1.807) is 24.3 Å². The Morgan fingerprint density at radius 1 is 0.838 bits per heavy atom. The minimum absolute atomic E-state index is 0.156. The van der Waals surface area contributed by atoms with E-state index in [-0.39, 0.29) is 21.8 Å². The van der Waals surface area contributed by atoms with Crippen LogP contribution in [0.3, 0.4) is 0 Å². The fourth-order valence-electron chi connectivity index (χ4n) is 3.82. The Labute approximate surface area is 230 Å². The molecule has 0 aliphatic carbocycles. The topological polar surface area (TPSA) is 81.7 Å². The van der Waals surface area contributed by atoms with E-state index < -0.39 is 23.0 Å². The molecule has 2 aromatic carbocycles. The first-order valence-electron chi connectivity index (χ1n) is 13.0. The van der Waals surface area contributed by atoms with Gasteiger partial charge in [-0.2, -0.15) is 0 Å². The predicted octanol–water partition coefficient (Wildman–Crippen LogP) is 7.86. The summed E-state index contributed by atoms with van der Waals surface area (Å²) in [6.45, 7) is 2.86. The first kappa shape index (κ1) is 30.7. The van der Waals surface area contributed by atoms with Crippen LogP contribution in [-0.4, -0.2) is 36.8 Å². The van der Waals surface area contributed by atoms with E-state index in [9.17, 15) is 14.4 Å². The average molecular weight is 551 g/mol. The zero-order valence-electron chi connectivity index (χ0n) is 21.7. The van der Waals surface area contributed by atoms with Gasteiger partial charge in [0, 0.05) is 5.56 Å². The molecule has 0 aliphatic rings. The van der Waals surface area contributed by atoms with Gasteiger partial charge in [0.25, 0.3) is 0 Å². The van der Waals surface area contributed by atoms with Crippen molar-refractivity contribution in [3.8, 4) is 5.75 Å². The van der Waals surface area contributed by atoms with Crippen LogP contribution in [0.15, 0.2) is 42.5 Å². The molecule has 0 aliphatic heterocycles. The molecule has 0 radical (unpaired) electrons. The molecule has 0 saturated carbocycles. The predicted molar refractivity (Wildman–Crippen MR) is 149 cm³/mol. The minimum Gasteiger partial charge on any atom is -0.494 e. The molecule has 2 rings (SSSR count). The van der Waals surface area contributed by atoms with Crippen molar-refractivity contribution < 1.29 is 23.9 Å². The highest BCUT2D eigenvalue weighted by Gasteiger charge is 2.26. The summed E-state index contributed by atoms with van der Waals surface area (Å²) < 4.78 is 10.4. The monoisotopic (exact) mass is 549 g/mol. The van der Waals surface area contributed by atoms with Crippen molar-refractivity contribution in [2.24, 2.45) is 0 Å². The van der Waals surface area contributed by atoms with E-state index >= 15 is 0 Å². The first-order chi connectivity index (χ1) is 17.9. The molecule has 0 heterocycles. The van der Waals surface area contributed by atoms with Crippen molar-refractivity contribution in [1.82, 2.24) is 0 Å². The fourth-order valence-corrected chi connectivity index (χ4v) is 4.17. The molecular formula is C29H37Cl2NO5. The number of amides is 1. The molecule has 202 valence electrons. The number of ether oxygens (including phenoxy) is 2. The number of unbranched alkanes of at least 4 members (excludes halogenated alkanes) is 9. The van der Waals surface area contributed by atoms with Crippen LogP contribution in [0.25, 0.3) is 0 Å². The van der Waals surface area contributed by atoms with Gasteiger partial charge < -0.3 is 14.8 Å². The lowest BCUT2D eigenvalue weighted by Crippen LogP contribution is -2.30. The fraction of sp³-hybridized carbons (Fsp3) is 0.483. The minimum atomic E-state index is -1.48. The summed E-state index contributed by atoms with van der Waals surface area (Å²) in [6, 6.07) is 10.8. The maximum Gasteiger partial charge on any atom is 0.337 e. The number of hydrogen-bond donors (Lipinski definition) is 1. The second-order valence-corrected chi connectivity index (χ2v) is 9.80. The van der Waals surface area contributed by atoms with Crippen LogP contribution < -0.4 is 10.1 Å². The van der Waals surface area contributed by atoms with Gasteiger partial charge in [-0.05, 0) is 48.9 Å². The zero-order chi connectivity index (χ0) is 27.0. The van der Waals surface area contributed by atoms with E-state index in [1.807, 2.05) is 0 Å². The van der Waals surface area contributed by atoms with Crippen LogP contribution in [0.2, 0.25) is 5.02 Å². The highest BCUT2D eigenvalue weighted by Crippen LogP contribution is 2.25. The van der Waals surface area contributed by atoms with Crippen LogP contribution in [0.5, 0.6) is 5.75 Å². The number of nitrogens with one attached hydrogen (secondary N) is 1. The van der Waals surface area contributed by atoms with Crippen LogP contribution in [-0.2, 0) is 9.53 Å². The number of Topliss-reactive ketones (excluding diaryl/α,β-unsaturated/α-hetero) is 1. The summed E-state index contributed by atoms with van der Waals surface area (Å²) in [4.78, 5) is 37.0. The Morgan fingerprint density at radius 2 is 1.41 bits per heavy atom. The second-order valence-electron chi connectivity index (χ2n) is 8.96. The molecule has 0 spiro atoms. The number of anilines is 1. The van der Waals surface area contributed by atoms with Crippen LogP contribution in [0.4, 0.5) is 5.69 Å². The lowest BCUT2D eigenvalue weighted by atomic mass is 10.1. The Morgan fingerprint density at radius 3 is 2.00 bits per heavy atom. The van der Waals surface area contributed by atoms with Gasteiger partial charge in [-0.25, -0.2) is 4.79 Å². The molecular weight excluding hydrogens is 513 g/mol. The molecule has 0 bridgehead atoms. The Kier molecular flexibility index (Phi) is 14.1. The summed E-state index contributed by atoms with van der Waals surface area (Å²) in [7, 11) is 1.25. The molecule has 2 aromatic rings. The van der Waals surface area contributed by atoms with Gasteiger partial charge in [0.15, 0.2) is 11.2 Å². The van der Waals surface area contributed by atoms with Crippen LogP contribution in [0, 0.1) is 0 Å². The number of carbonyl (C=O) groups is 3. The van der Waals surface area contributed by atoms with Crippen molar-refractivity contribution in [2.75, 3.05) is 19.0 Å². The normalized spacial score (nSPS) is 11.6. The van der Waals surface area contributed by atoms with Crippen molar-refractivity contribution >= 4 is 46.5 Å². The van der Waals surface area contributed by atoms with Gasteiger partial charge in [0.1, 0.15) is 5.75 Å². The number of carbonyl (C=O) groups excluding carboxylic acids is 3. The summed E-state index contributed by atoms with van der Waals surface area (Å²) >= 11 is 12.2. The number of benzene rings is 2. The van der Waals surface area contributed by atoms with E-state index in [0.29, 0.717) is 12.4 Å². The Bertz CT molecular complexity index is 1010. The zero-order valence-corrected chi connectivity index (χ0v) is 23.2. The average Bonchev–Trinajstić information content (AvgIpc) is 2.91. The Hall–Kier alpha value is -2.57. The highest BCUT2D eigenvalue weighted by atomic mass is 35.5. The molecule has 0 aromatic heterocycles. The van der Waals surface area contributed by atoms with Crippen LogP contribution >= 0.6 is 23.2 Å². The van der Waals surface area contributed by atoms with E-state index in [0.717, 1.165) is 12.8 Å². The maximum atomic E-state index is 12.7. The molecule has 1 amide bonds. The second kappa shape index (κ2) is 17.0. The van der Waals surface area contributed by atoms with Gasteiger partial charge in [0.05, 0.1) is 30.0 Å². The quantitative estimate of drug-likeness (QED) is 0.0713. The number of hydrogen-bond acceptors (Lipinski definition) is 5. The highest BCUT2D eigenvalue weighted by molar-refractivity contribution is 6.46. The third-order valence-corrected chi connectivity index (χ3v) is 6.74. The van der Waals surface area contributed by atoms with Crippen LogP contribution in [0.1, 0.15) is 91.8 Å². The van der Waals surface area contributed by atoms with E-state index in [4.69, 9.17) is 27.9 Å². The number of rotatable bonds is 17. The number of ketones is 1. The molecule has 37 heavy (non-hydrogen) atoms. The number of methoxy groups -OCH3 is 1. The summed E-state index contributed by atoms with van der Waals surface area (Å²) in [5.41, 5.74) is 0.646. The summed E-state index contributed by atoms with van der Waals surface area (Å²) in [6.07, 6.45) is 12.6.